The minimum Gasteiger partial charge on any atom is -0.399 e. The first-order chi connectivity index (χ1) is 8.73. The summed E-state index contributed by atoms with van der Waals surface area (Å²) in [5, 5.41) is 0. The number of halogens is 1. The lowest BCUT2D eigenvalue weighted by Crippen LogP contribution is -2.41. The third kappa shape index (κ3) is 3.10. The van der Waals surface area contributed by atoms with Crippen LogP contribution in [0.3, 0.4) is 0 Å². The van der Waals surface area contributed by atoms with Gasteiger partial charge in [-0.3, -0.25) is 0 Å². The highest BCUT2D eigenvalue weighted by atomic mass is 19.1. The minimum atomic E-state index is -0.680. The quantitative estimate of drug-likeness (QED) is 0.628. The van der Waals surface area contributed by atoms with Gasteiger partial charge < -0.3 is 15.0 Å². The zero-order valence-electron chi connectivity index (χ0n) is 12.6. The van der Waals surface area contributed by atoms with Crippen molar-refractivity contribution in [1.29, 1.82) is 0 Å². The van der Waals surface area contributed by atoms with Crippen LogP contribution in [0.25, 0.3) is 0 Å². The van der Waals surface area contributed by atoms with Crippen molar-refractivity contribution >= 4 is 18.3 Å². The maximum Gasteiger partial charge on any atom is 0.497 e. The van der Waals surface area contributed by atoms with Gasteiger partial charge in [0.15, 0.2) is 0 Å². The van der Waals surface area contributed by atoms with E-state index in [4.69, 9.17) is 15.0 Å². The van der Waals surface area contributed by atoms with Gasteiger partial charge in [-0.1, -0.05) is 19.9 Å². The van der Waals surface area contributed by atoms with Gasteiger partial charge >= 0.3 is 7.12 Å². The Bertz CT molecular complexity index is 433. The smallest absolute Gasteiger partial charge is 0.399 e. The van der Waals surface area contributed by atoms with Crippen molar-refractivity contribution in [2.75, 3.05) is 5.73 Å². The van der Waals surface area contributed by atoms with E-state index >= 15 is 0 Å². The largest absolute Gasteiger partial charge is 0.497 e. The lowest BCUT2D eigenvalue weighted by molar-refractivity contribution is 0.00578. The van der Waals surface area contributed by atoms with Crippen LogP contribution in [0.2, 0.25) is 0 Å². The van der Waals surface area contributed by atoms with Crippen molar-refractivity contribution < 1.29 is 13.7 Å². The second kappa shape index (κ2) is 5.51. The third-order valence-electron chi connectivity index (χ3n) is 3.53. The molecule has 0 atom stereocenters. The number of benzene rings is 1. The van der Waals surface area contributed by atoms with E-state index in [2.05, 4.69) is 0 Å². The van der Waals surface area contributed by atoms with E-state index in [-0.39, 0.29) is 0 Å². The van der Waals surface area contributed by atoms with Gasteiger partial charge in [0, 0.05) is 11.2 Å². The molecule has 106 valence electrons. The van der Waals surface area contributed by atoms with E-state index in [1.165, 1.54) is 6.07 Å². The normalized spacial score (nSPS) is 19.8. The molecule has 1 aliphatic heterocycles. The molecule has 2 N–H and O–H groups in total. The summed E-state index contributed by atoms with van der Waals surface area (Å²) in [6.07, 6.45) is 0. The fraction of sp³-hybridized carbons (Fsp3) is 0.571. The van der Waals surface area contributed by atoms with Crippen LogP contribution in [-0.4, -0.2) is 18.3 Å². The number of nitrogen functional groups attached to an aromatic ring is 1. The maximum atomic E-state index is 13.8. The predicted molar refractivity (Wildman–Crippen MR) is 77.9 cm³/mol. The number of rotatable bonds is 1. The summed E-state index contributed by atoms with van der Waals surface area (Å²) in [6, 6.07) is 4.52. The molecule has 1 aromatic rings. The first kappa shape index (κ1) is 16.0. The summed E-state index contributed by atoms with van der Waals surface area (Å²) in [5.41, 5.74) is 5.36. The number of anilines is 1. The van der Waals surface area contributed by atoms with E-state index in [1.807, 2.05) is 41.5 Å². The monoisotopic (exact) mass is 267 g/mol. The van der Waals surface area contributed by atoms with E-state index in [0.29, 0.717) is 11.2 Å². The van der Waals surface area contributed by atoms with Gasteiger partial charge in [-0.2, -0.15) is 0 Å². The maximum absolute atomic E-state index is 13.8. The fourth-order valence-corrected chi connectivity index (χ4v) is 1.70. The molecule has 0 saturated carbocycles. The van der Waals surface area contributed by atoms with Gasteiger partial charge in [0.25, 0.3) is 0 Å². The molecule has 19 heavy (non-hydrogen) atoms. The Kier molecular flexibility index (Phi) is 4.64. The lowest BCUT2D eigenvalue weighted by Gasteiger charge is -2.32. The molecule has 5 heteroatoms. The summed E-state index contributed by atoms with van der Waals surface area (Å²) < 4.78 is 25.3. The average Bonchev–Trinajstić information content (AvgIpc) is 2.50. The van der Waals surface area contributed by atoms with Crippen molar-refractivity contribution in [2.24, 2.45) is 0 Å². The van der Waals surface area contributed by atoms with Gasteiger partial charge in [-0.25, -0.2) is 4.39 Å². The number of nitrogens with two attached hydrogens (primary N) is 1. The summed E-state index contributed by atoms with van der Waals surface area (Å²) in [5.74, 6) is -0.400. The molecule has 1 aliphatic rings. The van der Waals surface area contributed by atoms with Crippen LogP contribution >= 0.6 is 0 Å². The number of hydrogen-bond donors (Lipinski definition) is 1. The summed E-state index contributed by atoms with van der Waals surface area (Å²) in [7, 11) is -0.680. The molecule has 0 amide bonds. The summed E-state index contributed by atoms with van der Waals surface area (Å²) in [4.78, 5) is 0. The Balaban J connectivity index is 0.000000861. The zero-order valence-corrected chi connectivity index (χ0v) is 12.6. The topological polar surface area (TPSA) is 44.5 Å². The summed E-state index contributed by atoms with van der Waals surface area (Å²) in [6.45, 7) is 11.7. The molecule has 1 fully saturated rings. The Morgan fingerprint density at radius 2 is 1.53 bits per heavy atom. The molecule has 2 rings (SSSR count). The second-order valence-corrected chi connectivity index (χ2v) is 5.37. The van der Waals surface area contributed by atoms with Gasteiger partial charge in [-0.15, -0.1) is 0 Å². The molecule has 0 unspecified atom stereocenters. The Hall–Kier alpha value is -1.07. The molecule has 0 radical (unpaired) electrons. The van der Waals surface area contributed by atoms with E-state index in [9.17, 15) is 4.39 Å². The molecule has 3 nitrogen and oxygen atoms in total. The molecule has 1 heterocycles. The van der Waals surface area contributed by atoms with Crippen molar-refractivity contribution in [3.05, 3.63) is 24.0 Å². The minimum absolute atomic E-state index is 0.387. The van der Waals surface area contributed by atoms with Crippen LogP contribution in [0.1, 0.15) is 41.5 Å². The highest BCUT2D eigenvalue weighted by Gasteiger charge is 2.52. The molecular weight excluding hydrogens is 244 g/mol. The van der Waals surface area contributed by atoms with Gasteiger partial charge in [-0.05, 0) is 39.8 Å². The van der Waals surface area contributed by atoms with Gasteiger partial charge in [0.2, 0.25) is 0 Å². The Labute approximate surface area is 115 Å². The van der Waals surface area contributed by atoms with Crippen LogP contribution in [0.15, 0.2) is 18.2 Å². The van der Waals surface area contributed by atoms with E-state index in [0.717, 1.165) is 0 Å². The van der Waals surface area contributed by atoms with Gasteiger partial charge in [0.1, 0.15) is 5.82 Å². The van der Waals surface area contributed by atoms with Gasteiger partial charge in [0.05, 0.1) is 11.2 Å². The molecule has 0 aliphatic carbocycles. The van der Waals surface area contributed by atoms with Crippen LogP contribution in [0, 0.1) is 5.82 Å². The van der Waals surface area contributed by atoms with Crippen molar-refractivity contribution in [2.45, 2.75) is 52.7 Å². The standard InChI is InChI=1S/C12H17BFNO2.C2H6/c1-11(2)12(3,4)17-13(16-11)9-6-5-8(15)7-10(9)14;1-2/h5-7H,15H2,1-4H3;1-2H3. The third-order valence-corrected chi connectivity index (χ3v) is 3.53. The lowest BCUT2D eigenvalue weighted by atomic mass is 9.78. The SMILES string of the molecule is CC.CC1(C)OB(c2ccc(N)cc2F)OC1(C)C. The zero-order chi connectivity index (χ0) is 14.8. The highest BCUT2D eigenvalue weighted by Crippen LogP contribution is 2.36. The van der Waals surface area contributed by atoms with Crippen LogP contribution < -0.4 is 11.2 Å². The average molecular weight is 267 g/mol. The first-order valence-corrected chi connectivity index (χ1v) is 6.63. The molecular formula is C14H23BFNO2. The van der Waals surface area contributed by atoms with Crippen molar-refractivity contribution in [3.63, 3.8) is 0 Å². The van der Waals surface area contributed by atoms with Crippen molar-refractivity contribution in [1.82, 2.24) is 0 Å². The predicted octanol–water partition coefficient (Wildman–Crippen LogP) is 2.73. The first-order valence-electron chi connectivity index (χ1n) is 6.63. The van der Waals surface area contributed by atoms with E-state index < -0.39 is 24.1 Å². The second-order valence-electron chi connectivity index (χ2n) is 5.37. The number of hydrogen-bond acceptors (Lipinski definition) is 3. The molecule has 1 aromatic carbocycles. The summed E-state index contributed by atoms with van der Waals surface area (Å²) >= 11 is 0. The van der Waals surface area contributed by atoms with E-state index in [1.54, 1.807) is 12.1 Å². The Morgan fingerprint density at radius 3 is 1.95 bits per heavy atom. The molecule has 1 saturated heterocycles. The molecule has 0 aromatic heterocycles. The van der Waals surface area contributed by atoms with Crippen LogP contribution in [0.4, 0.5) is 10.1 Å². The van der Waals surface area contributed by atoms with Crippen LogP contribution in [0.5, 0.6) is 0 Å². The van der Waals surface area contributed by atoms with Crippen molar-refractivity contribution in [3.8, 4) is 0 Å². The highest BCUT2D eigenvalue weighted by molar-refractivity contribution is 6.62. The Morgan fingerprint density at radius 1 is 1.05 bits per heavy atom. The fourth-order valence-electron chi connectivity index (χ4n) is 1.70. The van der Waals surface area contributed by atoms with Crippen LogP contribution in [-0.2, 0) is 9.31 Å². The molecule has 0 spiro atoms. The molecule has 0 bridgehead atoms.